The summed E-state index contributed by atoms with van der Waals surface area (Å²) in [5, 5.41) is 14.1. The smallest absolute Gasteiger partial charge is 0.305 e. The monoisotopic (exact) mass is 366 g/mol. The van der Waals surface area contributed by atoms with Crippen LogP contribution in [0.3, 0.4) is 0 Å². The first-order chi connectivity index (χ1) is 12.6. The SMILES string of the molecule is O=C(O)C[C@@H](Cc1ccccc1)NC(=O)c1nc(-c2ccccc2)cs1. The Hall–Kier alpha value is -2.99. The van der Waals surface area contributed by atoms with Crippen LogP contribution in [0.25, 0.3) is 11.3 Å². The number of benzene rings is 2. The normalized spacial score (nSPS) is 11.7. The Morgan fingerprint density at radius 3 is 2.35 bits per heavy atom. The zero-order valence-corrected chi connectivity index (χ0v) is 14.8. The summed E-state index contributed by atoms with van der Waals surface area (Å²) in [4.78, 5) is 28.0. The molecule has 2 N–H and O–H groups in total. The molecule has 0 radical (unpaired) electrons. The molecule has 6 heteroatoms. The lowest BCUT2D eigenvalue weighted by Crippen LogP contribution is -2.38. The van der Waals surface area contributed by atoms with Gasteiger partial charge in [0.25, 0.3) is 5.91 Å². The van der Waals surface area contributed by atoms with Crippen LogP contribution in [0.15, 0.2) is 66.0 Å². The van der Waals surface area contributed by atoms with Gasteiger partial charge in [0.15, 0.2) is 5.01 Å². The van der Waals surface area contributed by atoms with E-state index in [0.29, 0.717) is 11.4 Å². The first kappa shape index (κ1) is 17.8. The van der Waals surface area contributed by atoms with Gasteiger partial charge in [-0.15, -0.1) is 11.3 Å². The standard InChI is InChI=1S/C20H18N2O3S/c23-18(24)12-16(11-14-7-3-1-4-8-14)21-19(25)20-22-17(13-26-20)15-9-5-2-6-10-15/h1-10,13,16H,11-12H2,(H,21,25)(H,23,24)/t16-/m1/s1. The highest BCUT2D eigenvalue weighted by atomic mass is 32.1. The van der Waals surface area contributed by atoms with Crippen LogP contribution in [0.4, 0.5) is 0 Å². The van der Waals surface area contributed by atoms with Gasteiger partial charge in [0.05, 0.1) is 12.1 Å². The largest absolute Gasteiger partial charge is 0.481 e. The van der Waals surface area contributed by atoms with Crippen molar-refractivity contribution >= 4 is 23.2 Å². The molecule has 0 saturated carbocycles. The number of aromatic nitrogens is 1. The lowest BCUT2D eigenvalue weighted by Gasteiger charge is -2.16. The zero-order valence-electron chi connectivity index (χ0n) is 14.0. The first-order valence-electron chi connectivity index (χ1n) is 8.19. The van der Waals surface area contributed by atoms with Crippen LogP contribution in [0.5, 0.6) is 0 Å². The molecular formula is C20H18N2O3S. The second-order valence-electron chi connectivity index (χ2n) is 5.86. The fraction of sp³-hybridized carbons (Fsp3) is 0.150. The third-order valence-corrected chi connectivity index (χ3v) is 4.69. The molecule has 132 valence electrons. The molecule has 0 saturated heterocycles. The number of amides is 1. The van der Waals surface area contributed by atoms with E-state index in [1.165, 1.54) is 11.3 Å². The van der Waals surface area contributed by atoms with Crippen molar-refractivity contribution in [1.29, 1.82) is 0 Å². The van der Waals surface area contributed by atoms with Gasteiger partial charge in [-0.05, 0) is 12.0 Å². The summed E-state index contributed by atoms with van der Waals surface area (Å²) < 4.78 is 0. The molecule has 3 rings (SSSR count). The van der Waals surface area contributed by atoms with Gasteiger partial charge in [0.1, 0.15) is 0 Å². The minimum Gasteiger partial charge on any atom is -0.481 e. The summed E-state index contributed by atoms with van der Waals surface area (Å²) in [6.45, 7) is 0. The van der Waals surface area contributed by atoms with Crippen molar-refractivity contribution in [3.8, 4) is 11.3 Å². The van der Waals surface area contributed by atoms with Gasteiger partial charge < -0.3 is 10.4 Å². The Kier molecular flexibility index (Phi) is 5.76. The van der Waals surface area contributed by atoms with Crippen LogP contribution < -0.4 is 5.32 Å². The molecule has 0 bridgehead atoms. The summed E-state index contributed by atoms with van der Waals surface area (Å²) in [6, 6.07) is 18.6. The van der Waals surface area contributed by atoms with E-state index >= 15 is 0 Å². The molecule has 1 heterocycles. The van der Waals surface area contributed by atoms with Gasteiger partial charge >= 0.3 is 5.97 Å². The minimum atomic E-state index is -0.949. The molecule has 26 heavy (non-hydrogen) atoms. The van der Waals surface area contributed by atoms with Gasteiger partial charge in [-0.1, -0.05) is 60.7 Å². The number of hydrogen-bond acceptors (Lipinski definition) is 4. The number of nitrogens with zero attached hydrogens (tertiary/aromatic N) is 1. The lowest BCUT2D eigenvalue weighted by atomic mass is 10.0. The van der Waals surface area contributed by atoms with Crippen LogP contribution in [0, 0.1) is 0 Å². The number of carboxylic acid groups (broad SMARTS) is 1. The molecule has 0 aliphatic carbocycles. The molecule has 5 nitrogen and oxygen atoms in total. The average molecular weight is 366 g/mol. The molecule has 3 aromatic rings. The molecule has 0 aliphatic heterocycles. The molecule has 0 fully saturated rings. The first-order valence-corrected chi connectivity index (χ1v) is 9.07. The number of carbonyl (C=O) groups excluding carboxylic acids is 1. The van der Waals surface area contributed by atoms with Crippen molar-refractivity contribution in [2.24, 2.45) is 0 Å². The van der Waals surface area contributed by atoms with Gasteiger partial charge in [-0.3, -0.25) is 9.59 Å². The van der Waals surface area contributed by atoms with E-state index in [1.807, 2.05) is 66.0 Å². The molecule has 0 unspecified atom stereocenters. The quantitative estimate of drug-likeness (QED) is 0.669. The van der Waals surface area contributed by atoms with E-state index < -0.39 is 12.0 Å². The molecule has 0 spiro atoms. The van der Waals surface area contributed by atoms with Crippen molar-refractivity contribution in [1.82, 2.24) is 10.3 Å². The van der Waals surface area contributed by atoms with E-state index in [4.69, 9.17) is 5.11 Å². The Morgan fingerprint density at radius 2 is 1.69 bits per heavy atom. The third-order valence-electron chi connectivity index (χ3n) is 3.85. The fourth-order valence-electron chi connectivity index (χ4n) is 2.65. The second-order valence-corrected chi connectivity index (χ2v) is 6.72. The summed E-state index contributed by atoms with van der Waals surface area (Å²) in [6.07, 6.45) is 0.313. The predicted molar refractivity (Wildman–Crippen MR) is 101 cm³/mol. The molecule has 2 aromatic carbocycles. The van der Waals surface area contributed by atoms with Crippen LogP contribution >= 0.6 is 11.3 Å². The maximum atomic E-state index is 12.5. The maximum absolute atomic E-state index is 12.5. The number of hydrogen-bond donors (Lipinski definition) is 2. The van der Waals surface area contributed by atoms with Crippen LogP contribution in [0.2, 0.25) is 0 Å². The van der Waals surface area contributed by atoms with Crippen molar-refractivity contribution in [2.75, 3.05) is 0 Å². The molecule has 1 atom stereocenters. The Bertz CT molecular complexity index is 878. The van der Waals surface area contributed by atoms with Crippen molar-refractivity contribution in [3.05, 3.63) is 76.6 Å². The van der Waals surface area contributed by atoms with Crippen LogP contribution in [0.1, 0.15) is 21.8 Å². The number of aliphatic carboxylic acids is 1. The third kappa shape index (κ3) is 4.77. The maximum Gasteiger partial charge on any atom is 0.305 e. The molecule has 1 amide bonds. The van der Waals surface area contributed by atoms with Crippen LogP contribution in [-0.4, -0.2) is 28.0 Å². The van der Waals surface area contributed by atoms with Gasteiger partial charge in [-0.25, -0.2) is 4.98 Å². The highest BCUT2D eigenvalue weighted by Crippen LogP contribution is 2.21. The number of nitrogens with one attached hydrogen (secondary N) is 1. The number of carbonyl (C=O) groups is 2. The predicted octanol–water partition coefficient (Wildman–Crippen LogP) is 3.63. The van der Waals surface area contributed by atoms with Gasteiger partial charge in [-0.2, -0.15) is 0 Å². The summed E-state index contributed by atoms with van der Waals surface area (Å²) >= 11 is 1.25. The van der Waals surface area contributed by atoms with Gasteiger partial charge in [0, 0.05) is 17.0 Å². The minimum absolute atomic E-state index is 0.141. The summed E-state index contributed by atoms with van der Waals surface area (Å²) in [5.74, 6) is -1.30. The fourth-order valence-corrected chi connectivity index (χ4v) is 3.38. The van der Waals surface area contributed by atoms with E-state index in [0.717, 1.165) is 16.8 Å². The van der Waals surface area contributed by atoms with Crippen molar-refractivity contribution < 1.29 is 14.7 Å². The topological polar surface area (TPSA) is 79.3 Å². The van der Waals surface area contributed by atoms with Crippen LogP contribution in [-0.2, 0) is 11.2 Å². The lowest BCUT2D eigenvalue weighted by molar-refractivity contribution is -0.137. The number of rotatable bonds is 7. The van der Waals surface area contributed by atoms with E-state index in [2.05, 4.69) is 10.3 Å². The Labute approximate surface area is 155 Å². The van der Waals surface area contributed by atoms with Crippen molar-refractivity contribution in [2.45, 2.75) is 18.9 Å². The Balaban J connectivity index is 1.71. The number of carboxylic acids is 1. The second kappa shape index (κ2) is 8.40. The highest BCUT2D eigenvalue weighted by molar-refractivity contribution is 7.12. The molecule has 1 aromatic heterocycles. The highest BCUT2D eigenvalue weighted by Gasteiger charge is 2.20. The summed E-state index contributed by atoms with van der Waals surface area (Å²) in [7, 11) is 0. The summed E-state index contributed by atoms with van der Waals surface area (Å²) in [5.41, 5.74) is 2.65. The van der Waals surface area contributed by atoms with E-state index in [9.17, 15) is 9.59 Å². The van der Waals surface area contributed by atoms with Crippen molar-refractivity contribution in [3.63, 3.8) is 0 Å². The zero-order chi connectivity index (χ0) is 18.4. The van der Waals surface area contributed by atoms with Gasteiger partial charge in [0.2, 0.25) is 0 Å². The van der Waals surface area contributed by atoms with E-state index in [-0.39, 0.29) is 12.3 Å². The average Bonchev–Trinajstić information content (AvgIpc) is 3.13. The molecular weight excluding hydrogens is 348 g/mol. The Morgan fingerprint density at radius 1 is 1.04 bits per heavy atom. The van der Waals surface area contributed by atoms with E-state index in [1.54, 1.807) is 0 Å². The number of thiazole rings is 1. The molecule has 0 aliphatic rings.